The van der Waals surface area contributed by atoms with Gasteiger partial charge in [0.1, 0.15) is 5.75 Å². The summed E-state index contributed by atoms with van der Waals surface area (Å²) in [4.78, 5) is 6.79. The molecule has 1 atom stereocenters. The maximum Gasteiger partial charge on any atom is 0.130 e. The summed E-state index contributed by atoms with van der Waals surface area (Å²) in [7, 11) is 2.19. The number of halogens is 1. The zero-order valence-corrected chi connectivity index (χ0v) is 13.8. The van der Waals surface area contributed by atoms with Crippen LogP contribution in [-0.4, -0.2) is 36.6 Å². The molecular weight excluding hydrogens is 363 g/mol. The predicted octanol–water partition coefficient (Wildman–Crippen LogP) is 3.56. The predicted molar refractivity (Wildman–Crippen MR) is 90.2 cm³/mol. The third-order valence-electron chi connectivity index (χ3n) is 3.86. The fraction of sp³-hybridized carbons (Fsp3) is 0.438. The Balaban J connectivity index is 1.75. The number of hydrogen-bond donors (Lipinski definition) is 0. The Hall–Kier alpha value is -0.880. The van der Waals surface area contributed by atoms with Crippen LogP contribution in [0.25, 0.3) is 10.9 Å². The van der Waals surface area contributed by atoms with E-state index < -0.39 is 0 Å². The number of likely N-dealkylation sites (tertiary alicyclic amines) is 1. The van der Waals surface area contributed by atoms with Crippen LogP contribution in [0.2, 0.25) is 0 Å². The van der Waals surface area contributed by atoms with Gasteiger partial charge in [0.15, 0.2) is 0 Å². The van der Waals surface area contributed by atoms with E-state index in [4.69, 9.17) is 4.74 Å². The van der Waals surface area contributed by atoms with Crippen LogP contribution in [0.3, 0.4) is 0 Å². The molecule has 2 heterocycles. The number of rotatable bonds is 3. The molecule has 0 radical (unpaired) electrons. The van der Waals surface area contributed by atoms with Crippen molar-refractivity contribution in [2.45, 2.75) is 12.8 Å². The molecule has 4 heteroatoms. The third kappa shape index (κ3) is 3.23. The highest BCUT2D eigenvalue weighted by Crippen LogP contribution is 2.26. The highest BCUT2D eigenvalue weighted by molar-refractivity contribution is 14.1. The normalized spacial score (nSPS) is 20.2. The van der Waals surface area contributed by atoms with Gasteiger partial charge >= 0.3 is 0 Å². The smallest absolute Gasteiger partial charge is 0.130 e. The molecule has 2 aromatic rings. The lowest BCUT2D eigenvalue weighted by atomic mass is 9.99. The second-order valence-electron chi connectivity index (χ2n) is 5.55. The molecule has 0 unspecified atom stereocenters. The van der Waals surface area contributed by atoms with Gasteiger partial charge in [-0.3, -0.25) is 4.98 Å². The number of ether oxygens (including phenoxy) is 1. The third-order valence-corrected chi connectivity index (χ3v) is 4.53. The number of nitrogens with zero attached hydrogens (tertiary/aromatic N) is 2. The maximum absolute atomic E-state index is 6.09. The van der Waals surface area contributed by atoms with Gasteiger partial charge in [-0.05, 0) is 73.3 Å². The SMILES string of the molecule is CN1CCC[C@@H](COc2ccnc3ccc(I)cc23)C1. The molecule has 1 aliphatic heterocycles. The van der Waals surface area contributed by atoms with Gasteiger partial charge < -0.3 is 9.64 Å². The quantitative estimate of drug-likeness (QED) is 0.760. The van der Waals surface area contributed by atoms with Crippen molar-refractivity contribution in [1.29, 1.82) is 0 Å². The molecule has 0 spiro atoms. The molecule has 0 aliphatic carbocycles. The zero-order chi connectivity index (χ0) is 13.9. The van der Waals surface area contributed by atoms with Crippen LogP contribution in [0.4, 0.5) is 0 Å². The van der Waals surface area contributed by atoms with Crippen molar-refractivity contribution in [3.05, 3.63) is 34.0 Å². The number of hydrogen-bond acceptors (Lipinski definition) is 3. The van der Waals surface area contributed by atoms with Crippen molar-refractivity contribution >= 4 is 33.5 Å². The van der Waals surface area contributed by atoms with Crippen molar-refractivity contribution in [1.82, 2.24) is 9.88 Å². The highest BCUT2D eigenvalue weighted by atomic mass is 127. The Morgan fingerprint density at radius 1 is 1.40 bits per heavy atom. The Morgan fingerprint density at radius 3 is 3.15 bits per heavy atom. The van der Waals surface area contributed by atoms with Crippen LogP contribution in [0, 0.1) is 9.49 Å². The molecule has 0 bridgehead atoms. The minimum Gasteiger partial charge on any atom is -0.492 e. The molecule has 0 amide bonds. The number of pyridine rings is 1. The summed E-state index contributed by atoms with van der Waals surface area (Å²) >= 11 is 2.33. The van der Waals surface area contributed by atoms with Crippen molar-refractivity contribution in [3.8, 4) is 5.75 Å². The minimum absolute atomic E-state index is 0.639. The molecule has 106 valence electrons. The molecule has 1 aromatic carbocycles. The first-order chi connectivity index (χ1) is 9.72. The number of piperidine rings is 1. The monoisotopic (exact) mass is 382 g/mol. The van der Waals surface area contributed by atoms with E-state index in [2.05, 4.69) is 57.7 Å². The molecule has 1 saturated heterocycles. The van der Waals surface area contributed by atoms with Crippen LogP contribution < -0.4 is 4.74 Å². The lowest BCUT2D eigenvalue weighted by Gasteiger charge is -2.29. The molecule has 3 rings (SSSR count). The van der Waals surface area contributed by atoms with Crippen molar-refractivity contribution in [3.63, 3.8) is 0 Å². The van der Waals surface area contributed by atoms with E-state index in [0.717, 1.165) is 29.8 Å². The van der Waals surface area contributed by atoms with Gasteiger partial charge in [0.2, 0.25) is 0 Å². The van der Waals surface area contributed by atoms with Gasteiger partial charge in [-0.25, -0.2) is 0 Å². The van der Waals surface area contributed by atoms with Crippen LogP contribution in [0.1, 0.15) is 12.8 Å². The van der Waals surface area contributed by atoms with Crippen molar-refractivity contribution < 1.29 is 4.74 Å². The van der Waals surface area contributed by atoms with E-state index in [1.807, 2.05) is 12.3 Å². The van der Waals surface area contributed by atoms with Gasteiger partial charge in [-0.1, -0.05) is 0 Å². The topological polar surface area (TPSA) is 25.4 Å². The average Bonchev–Trinajstić information content (AvgIpc) is 2.45. The number of benzene rings is 1. The van der Waals surface area contributed by atoms with E-state index in [9.17, 15) is 0 Å². The van der Waals surface area contributed by atoms with E-state index in [0.29, 0.717) is 5.92 Å². The molecule has 3 nitrogen and oxygen atoms in total. The summed E-state index contributed by atoms with van der Waals surface area (Å²) in [6.07, 6.45) is 4.38. The molecule has 1 fully saturated rings. The molecule has 0 N–H and O–H groups in total. The summed E-state index contributed by atoms with van der Waals surface area (Å²) in [5.74, 6) is 1.60. The van der Waals surface area contributed by atoms with Crippen LogP contribution in [0.5, 0.6) is 5.75 Å². The lowest BCUT2D eigenvalue weighted by molar-refractivity contribution is 0.151. The van der Waals surface area contributed by atoms with E-state index in [1.165, 1.54) is 23.0 Å². The zero-order valence-electron chi connectivity index (χ0n) is 11.7. The summed E-state index contributed by atoms with van der Waals surface area (Å²) < 4.78 is 7.31. The minimum atomic E-state index is 0.639. The summed E-state index contributed by atoms with van der Waals surface area (Å²) in [5, 5.41) is 1.11. The Bertz CT molecular complexity index is 602. The lowest BCUT2D eigenvalue weighted by Crippen LogP contribution is -2.34. The van der Waals surface area contributed by atoms with Crippen LogP contribution in [-0.2, 0) is 0 Å². The summed E-state index contributed by atoms with van der Waals surface area (Å²) in [6, 6.07) is 8.25. The summed E-state index contributed by atoms with van der Waals surface area (Å²) in [5.41, 5.74) is 1.00. The molecule has 20 heavy (non-hydrogen) atoms. The first-order valence-electron chi connectivity index (χ1n) is 7.08. The molecule has 1 aromatic heterocycles. The Kier molecular flexibility index (Phi) is 4.41. The van der Waals surface area contributed by atoms with E-state index in [1.54, 1.807) is 0 Å². The molecule has 0 saturated carbocycles. The second kappa shape index (κ2) is 6.26. The molecule has 1 aliphatic rings. The van der Waals surface area contributed by atoms with E-state index in [-0.39, 0.29) is 0 Å². The van der Waals surface area contributed by atoms with Gasteiger partial charge in [-0.15, -0.1) is 0 Å². The first kappa shape index (κ1) is 14.1. The van der Waals surface area contributed by atoms with Crippen molar-refractivity contribution in [2.24, 2.45) is 5.92 Å². The van der Waals surface area contributed by atoms with Crippen LogP contribution >= 0.6 is 22.6 Å². The maximum atomic E-state index is 6.09. The summed E-state index contributed by atoms with van der Waals surface area (Å²) in [6.45, 7) is 3.16. The van der Waals surface area contributed by atoms with Gasteiger partial charge in [0.05, 0.1) is 12.1 Å². The second-order valence-corrected chi connectivity index (χ2v) is 6.80. The van der Waals surface area contributed by atoms with Crippen molar-refractivity contribution in [2.75, 3.05) is 26.7 Å². The standard InChI is InChI=1S/C16H19IN2O/c1-19-8-2-3-12(10-19)11-20-16-6-7-18-15-5-4-13(17)9-14(15)16/h4-7,9,12H,2-3,8,10-11H2,1H3/t12-/m1/s1. The highest BCUT2D eigenvalue weighted by Gasteiger charge is 2.18. The average molecular weight is 382 g/mol. The van der Waals surface area contributed by atoms with Gasteiger partial charge in [0, 0.05) is 27.6 Å². The number of fused-ring (bicyclic) bond motifs is 1. The largest absolute Gasteiger partial charge is 0.492 e. The van der Waals surface area contributed by atoms with Gasteiger partial charge in [-0.2, -0.15) is 0 Å². The fourth-order valence-electron chi connectivity index (χ4n) is 2.84. The first-order valence-corrected chi connectivity index (χ1v) is 8.16. The number of aromatic nitrogens is 1. The fourth-order valence-corrected chi connectivity index (χ4v) is 3.33. The van der Waals surface area contributed by atoms with E-state index >= 15 is 0 Å². The Labute approximate surface area is 133 Å². The Morgan fingerprint density at radius 2 is 2.30 bits per heavy atom. The molecular formula is C16H19IN2O. The van der Waals surface area contributed by atoms with Crippen LogP contribution in [0.15, 0.2) is 30.5 Å². The van der Waals surface area contributed by atoms with Gasteiger partial charge in [0.25, 0.3) is 0 Å².